The Kier molecular flexibility index (Phi) is 4.97. The summed E-state index contributed by atoms with van der Waals surface area (Å²) < 4.78 is 4.58. The van der Waals surface area contributed by atoms with Crippen LogP contribution in [0.4, 0.5) is 0 Å². The van der Waals surface area contributed by atoms with Crippen molar-refractivity contribution in [3.05, 3.63) is 34.9 Å². The number of rotatable bonds is 4. The molecule has 5 heteroatoms. The van der Waals surface area contributed by atoms with Crippen LogP contribution >= 0.6 is 11.6 Å². The highest BCUT2D eigenvalue weighted by Crippen LogP contribution is 2.14. The van der Waals surface area contributed by atoms with Gasteiger partial charge < -0.3 is 10.1 Å². The number of esters is 1. The normalized spacial score (nSPS) is 11.7. The molecule has 1 aromatic rings. The molecule has 0 aliphatic rings. The predicted octanol–water partition coefficient (Wildman–Crippen LogP) is 2.02. The standard InChI is InChI=1S/C12H14ClNO3/c1-3-10(12(16)17-2)14-11(15)8-6-4-5-7-9(8)13/h4-7,10H,3H2,1-2H3,(H,14,15)/t10-/m1/s1. The number of hydrogen-bond acceptors (Lipinski definition) is 3. The van der Waals surface area contributed by atoms with Crippen LogP contribution in [0.3, 0.4) is 0 Å². The molecule has 4 nitrogen and oxygen atoms in total. The number of hydrogen-bond donors (Lipinski definition) is 1. The van der Waals surface area contributed by atoms with Crippen LogP contribution in [0.25, 0.3) is 0 Å². The van der Waals surface area contributed by atoms with E-state index in [1.807, 2.05) is 0 Å². The molecule has 0 fully saturated rings. The second kappa shape index (κ2) is 6.25. The first kappa shape index (κ1) is 13.5. The van der Waals surface area contributed by atoms with Crippen molar-refractivity contribution in [2.45, 2.75) is 19.4 Å². The second-order valence-electron chi connectivity index (χ2n) is 3.44. The van der Waals surface area contributed by atoms with E-state index in [0.29, 0.717) is 17.0 Å². The van der Waals surface area contributed by atoms with Gasteiger partial charge in [0.25, 0.3) is 5.91 Å². The maximum Gasteiger partial charge on any atom is 0.328 e. The summed E-state index contributed by atoms with van der Waals surface area (Å²) >= 11 is 5.88. The molecule has 0 bridgehead atoms. The number of halogens is 1. The van der Waals surface area contributed by atoms with Gasteiger partial charge in [0.2, 0.25) is 0 Å². The molecule has 1 aromatic carbocycles. The van der Waals surface area contributed by atoms with E-state index in [9.17, 15) is 9.59 Å². The van der Waals surface area contributed by atoms with Crippen LogP contribution in [0.15, 0.2) is 24.3 Å². The highest BCUT2D eigenvalue weighted by atomic mass is 35.5. The topological polar surface area (TPSA) is 55.4 Å². The number of methoxy groups -OCH3 is 1. The Morgan fingerprint density at radius 3 is 2.59 bits per heavy atom. The van der Waals surface area contributed by atoms with E-state index in [2.05, 4.69) is 10.1 Å². The monoisotopic (exact) mass is 255 g/mol. The highest BCUT2D eigenvalue weighted by Gasteiger charge is 2.20. The molecule has 1 atom stereocenters. The Morgan fingerprint density at radius 1 is 1.41 bits per heavy atom. The zero-order valence-electron chi connectivity index (χ0n) is 9.70. The summed E-state index contributed by atoms with van der Waals surface area (Å²) in [6, 6.07) is 6.01. The molecule has 1 N–H and O–H groups in total. The Balaban J connectivity index is 2.78. The van der Waals surface area contributed by atoms with Crippen LogP contribution in [0, 0.1) is 0 Å². The van der Waals surface area contributed by atoms with E-state index in [1.54, 1.807) is 31.2 Å². The zero-order valence-corrected chi connectivity index (χ0v) is 10.5. The molecule has 0 saturated carbocycles. The van der Waals surface area contributed by atoms with Gasteiger partial charge >= 0.3 is 5.97 Å². The Morgan fingerprint density at radius 2 is 2.06 bits per heavy atom. The summed E-state index contributed by atoms with van der Waals surface area (Å²) in [5, 5.41) is 2.93. The van der Waals surface area contributed by atoms with E-state index < -0.39 is 12.0 Å². The molecule has 1 rings (SSSR count). The van der Waals surface area contributed by atoms with Crippen LogP contribution < -0.4 is 5.32 Å². The minimum atomic E-state index is -0.649. The first-order valence-corrected chi connectivity index (χ1v) is 5.61. The Labute approximate surface area is 105 Å². The molecule has 0 unspecified atom stereocenters. The summed E-state index contributed by atoms with van der Waals surface area (Å²) in [5.41, 5.74) is 0.344. The molecule has 0 aromatic heterocycles. The van der Waals surface area contributed by atoms with Crippen molar-refractivity contribution in [2.24, 2.45) is 0 Å². The lowest BCUT2D eigenvalue weighted by molar-refractivity contribution is -0.142. The van der Waals surface area contributed by atoms with Crippen molar-refractivity contribution in [1.82, 2.24) is 5.32 Å². The number of carbonyl (C=O) groups is 2. The average Bonchev–Trinajstić information content (AvgIpc) is 2.35. The molecule has 0 radical (unpaired) electrons. The molecule has 0 saturated heterocycles. The minimum Gasteiger partial charge on any atom is -0.467 e. The number of nitrogens with one attached hydrogen (secondary N) is 1. The van der Waals surface area contributed by atoms with Crippen molar-refractivity contribution >= 4 is 23.5 Å². The van der Waals surface area contributed by atoms with Gasteiger partial charge in [-0.2, -0.15) is 0 Å². The number of carbonyl (C=O) groups excluding carboxylic acids is 2. The second-order valence-corrected chi connectivity index (χ2v) is 3.84. The van der Waals surface area contributed by atoms with Crippen LogP contribution in [-0.4, -0.2) is 25.0 Å². The zero-order chi connectivity index (χ0) is 12.8. The average molecular weight is 256 g/mol. The van der Waals surface area contributed by atoms with Gasteiger partial charge in [0.05, 0.1) is 17.7 Å². The van der Waals surface area contributed by atoms with Crippen molar-refractivity contribution in [1.29, 1.82) is 0 Å². The fraction of sp³-hybridized carbons (Fsp3) is 0.333. The minimum absolute atomic E-state index is 0.344. The fourth-order valence-electron chi connectivity index (χ4n) is 1.35. The summed E-state index contributed by atoms with van der Waals surface area (Å²) in [7, 11) is 1.28. The van der Waals surface area contributed by atoms with E-state index in [0.717, 1.165) is 0 Å². The highest BCUT2D eigenvalue weighted by molar-refractivity contribution is 6.33. The van der Waals surface area contributed by atoms with Gasteiger partial charge in [-0.25, -0.2) is 4.79 Å². The molecule has 0 heterocycles. The molecular formula is C12H14ClNO3. The van der Waals surface area contributed by atoms with Gasteiger partial charge in [-0.3, -0.25) is 4.79 Å². The van der Waals surface area contributed by atoms with Crippen molar-refractivity contribution in [3.8, 4) is 0 Å². The number of amides is 1. The van der Waals surface area contributed by atoms with Gasteiger partial charge in [0.1, 0.15) is 6.04 Å². The number of benzene rings is 1. The van der Waals surface area contributed by atoms with Crippen LogP contribution in [0.2, 0.25) is 5.02 Å². The van der Waals surface area contributed by atoms with Gasteiger partial charge in [0.15, 0.2) is 0 Å². The van der Waals surface area contributed by atoms with Crippen molar-refractivity contribution in [3.63, 3.8) is 0 Å². The summed E-state index contributed by atoms with van der Waals surface area (Å²) in [4.78, 5) is 23.2. The third-order valence-corrected chi connectivity index (χ3v) is 2.65. The summed E-state index contributed by atoms with van der Waals surface area (Å²) in [6.45, 7) is 1.79. The maximum atomic E-state index is 11.9. The molecule has 17 heavy (non-hydrogen) atoms. The van der Waals surface area contributed by atoms with Gasteiger partial charge in [-0.05, 0) is 18.6 Å². The van der Waals surface area contributed by atoms with Gasteiger partial charge in [-0.15, -0.1) is 0 Å². The largest absolute Gasteiger partial charge is 0.467 e. The molecule has 0 spiro atoms. The molecule has 92 valence electrons. The third-order valence-electron chi connectivity index (χ3n) is 2.32. The van der Waals surface area contributed by atoms with Crippen molar-refractivity contribution < 1.29 is 14.3 Å². The van der Waals surface area contributed by atoms with E-state index >= 15 is 0 Å². The predicted molar refractivity (Wildman–Crippen MR) is 65.0 cm³/mol. The Bertz CT molecular complexity index is 420. The summed E-state index contributed by atoms with van der Waals surface area (Å²) in [5.74, 6) is -0.847. The molecule has 0 aliphatic heterocycles. The van der Waals surface area contributed by atoms with Crippen LogP contribution in [0.5, 0.6) is 0 Å². The SMILES string of the molecule is CC[C@@H](NC(=O)c1ccccc1Cl)C(=O)OC. The lowest BCUT2D eigenvalue weighted by Gasteiger charge is -2.14. The smallest absolute Gasteiger partial charge is 0.328 e. The quantitative estimate of drug-likeness (QED) is 0.838. The molecule has 1 amide bonds. The van der Waals surface area contributed by atoms with Crippen LogP contribution in [-0.2, 0) is 9.53 Å². The van der Waals surface area contributed by atoms with E-state index in [1.165, 1.54) is 7.11 Å². The Hall–Kier alpha value is -1.55. The van der Waals surface area contributed by atoms with E-state index in [4.69, 9.17) is 11.6 Å². The lowest BCUT2D eigenvalue weighted by atomic mass is 10.1. The van der Waals surface area contributed by atoms with E-state index in [-0.39, 0.29) is 5.91 Å². The lowest BCUT2D eigenvalue weighted by Crippen LogP contribution is -2.41. The van der Waals surface area contributed by atoms with Gasteiger partial charge in [-0.1, -0.05) is 30.7 Å². The summed E-state index contributed by atoms with van der Waals surface area (Å²) in [6.07, 6.45) is 0.461. The molecule has 0 aliphatic carbocycles. The third kappa shape index (κ3) is 3.46. The van der Waals surface area contributed by atoms with Crippen molar-refractivity contribution in [2.75, 3.05) is 7.11 Å². The number of ether oxygens (including phenoxy) is 1. The van der Waals surface area contributed by atoms with Gasteiger partial charge in [0, 0.05) is 0 Å². The maximum absolute atomic E-state index is 11.9. The fourth-order valence-corrected chi connectivity index (χ4v) is 1.57. The van der Waals surface area contributed by atoms with Crippen LogP contribution in [0.1, 0.15) is 23.7 Å². The molecular weight excluding hydrogens is 242 g/mol. The first-order chi connectivity index (χ1) is 8.10. The first-order valence-electron chi connectivity index (χ1n) is 5.23.